The van der Waals surface area contributed by atoms with Gasteiger partial charge in [-0.2, -0.15) is 0 Å². The molecule has 9 nitrogen and oxygen atoms in total. The van der Waals surface area contributed by atoms with E-state index in [0.717, 1.165) is 39.1 Å². The third-order valence-electron chi connectivity index (χ3n) is 7.94. The van der Waals surface area contributed by atoms with E-state index in [4.69, 9.17) is 0 Å². The van der Waals surface area contributed by atoms with Gasteiger partial charge in [0.25, 0.3) is 5.91 Å². The first-order valence-corrected chi connectivity index (χ1v) is 15.4. The second-order valence-electron chi connectivity index (χ2n) is 11.4. The number of hydrogen-bond acceptors (Lipinski definition) is 6. The zero-order valence-electron chi connectivity index (χ0n) is 26.1. The van der Waals surface area contributed by atoms with E-state index < -0.39 is 6.04 Å². The summed E-state index contributed by atoms with van der Waals surface area (Å²) in [5.74, 6) is 1.25. The third kappa shape index (κ3) is 8.55. The molecule has 232 valence electrons. The number of carbonyl (C=O) groups is 2. The van der Waals surface area contributed by atoms with E-state index in [1.54, 1.807) is 24.5 Å². The zero-order valence-corrected chi connectivity index (χ0v) is 26.1. The highest BCUT2D eigenvalue weighted by Gasteiger charge is 2.24. The van der Waals surface area contributed by atoms with Crippen molar-refractivity contribution in [3.05, 3.63) is 126 Å². The number of aromatic amines is 1. The van der Waals surface area contributed by atoms with Crippen molar-refractivity contribution in [2.45, 2.75) is 51.9 Å². The summed E-state index contributed by atoms with van der Waals surface area (Å²) in [5, 5.41) is 11.7. The van der Waals surface area contributed by atoms with Gasteiger partial charge in [-0.25, -0.2) is 9.97 Å². The lowest BCUT2D eigenvalue weighted by Gasteiger charge is -2.24. The van der Waals surface area contributed by atoms with Crippen molar-refractivity contribution < 1.29 is 9.59 Å². The van der Waals surface area contributed by atoms with Crippen LogP contribution in [0.1, 0.15) is 58.7 Å². The summed E-state index contributed by atoms with van der Waals surface area (Å²) in [6, 6.07) is 24.8. The topological polar surface area (TPSA) is 115 Å². The van der Waals surface area contributed by atoms with Gasteiger partial charge >= 0.3 is 0 Å². The lowest BCUT2D eigenvalue weighted by Crippen LogP contribution is -2.47. The smallest absolute Gasteiger partial charge is 0.251 e. The number of fused-ring (bicyclic) bond motifs is 1. The van der Waals surface area contributed by atoms with Gasteiger partial charge in [-0.05, 0) is 72.4 Å². The first-order chi connectivity index (χ1) is 21.9. The molecule has 0 radical (unpaired) electrons. The summed E-state index contributed by atoms with van der Waals surface area (Å²) < 4.78 is 0. The Kier molecular flexibility index (Phi) is 10.6. The van der Waals surface area contributed by atoms with E-state index in [2.05, 4.69) is 54.0 Å². The highest BCUT2D eigenvalue weighted by molar-refractivity contribution is 5.97. The second kappa shape index (κ2) is 15.1. The van der Waals surface area contributed by atoms with Gasteiger partial charge in [-0.1, -0.05) is 60.7 Å². The molecule has 2 amide bonds. The predicted molar refractivity (Wildman–Crippen MR) is 179 cm³/mol. The van der Waals surface area contributed by atoms with Gasteiger partial charge in [0.2, 0.25) is 5.91 Å². The van der Waals surface area contributed by atoms with Crippen molar-refractivity contribution in [1.29, 1.82) is 0 Å². The Morgan fingerprint density at radius 3 is 2.47 bits per heavy atom. The maximum Gasteiger partial charge on any atom is 0.251 e. The number of imidazole rings is 1. The molecule has 2 aromatic heterocycles. The number of H-pyrrole nitrogens is 1. The molecule has 0 aliphatic heterocycles. The van der Waals surface area contributed by atoms with Gasteiger partial charge in [0.1, 0.15) is 17.7 Å². The van der Waals surface area contributed by atoms with Gasteiger partial charge in [-0.3, -0.25) is 9.59 Å². The molecule has 0 aliphatic carbocycles. The number of pyridine rings is 1. The average molecular weight is 604 g/mol. The van der Waals surface area contributed by atoms with Crippen LogP contribution in [0.25, 0.3) is 10.8 Å². The van der Waals surface area contributed by atoms with Gasteiger partial charge in [0.15, 0.2) is 0 Å². The van der Waals surface area contributed by atoms with Crippen molar-refractivity contribution in [3.63, 3.8) is 0 Å². The molecule has 0 saturated carbocycles. The van der Waals surface area contributed by atoms with Crippen molar-refractivity contribution in [3.8, 4) is 0 Å². The van der Waals surface area contributed by atoms with E-state index in [1.807, 2.05) is 75.6 Å². The number of rotatable bonds is 14. The number of hydrogen-bond donors (Lipinski definition) is 4. The number of nitrogens with zero attached hydrogens (tertiary/aromatic N) is 3. The van der Waals surface area contributed by atoms with Crippen LogP contribution in [0.3, 0.4) is 0 Å². The Labute approximate surface area is 264 Å². The summed E-state index contributed by atoms with van der Waals surface area (Å²) in [6.07, 6.45) is 6.53. The Balaban J connectivity index is 1.24. The molecule has 9 heteroatoms. The number of nitrogens with one attached hydrogen (secondary N) is 4. The minimum atomic E-state index is -0.705. The molecular formula is C36H41N7O2. The largest absolute Gasteiger partial charge is 0.360 e. The zero-order chi connectivity index (χ0) is 31.6. The molecule has 0 saturated heterocycles. The van der Waals surface area contributed by atoms with Crippen LogP contribution in [0.2, 0.25) is 0 Å². The fourth-order valence-electron chi connectivity index (χ4n) is 5.36. The Morgan fingerprint density at radius 1 is 0.911 bits per heavy atom. The number of anilines is 1. The van der Waals surface area contributed by atoms with Crippen LogP contribution < -0.4 is 20.9 Å². The Bertz CT molecular complexity index is 1680. The lowest BCUT2D eigenvalue weighted by molar-refractivity contribution is -0.123. The molecule has 2 atom stereocenters. The molecule has 45 heavy (non-hydrogen) atoms. The number of aryl methyl sites for hydroxylation is 1. The monoisotopic (exact) mass is 603 g/mol. The van der Waals surface area contributed by atoms with Gasteiger partial charge < -0.3 is 25.8 Å². The molecular weight excluding hydrogens is 562 g/mol. The standard InChI is InChI=1S/C36H41N7O2/c1-25-13-18-34(40-22-25)43(3)21-7-12-32(36(45)41-26(2)30-11-6-9-28-8-4-5-10-31(28)30)42-35(44)29-16-14-27(15-17-29)23-37-24-33-38-19-20-39-33/h4-6,8-11,13-20,22,26,32,37H,7,12,21,23-24H2,1-3H3,(H,38,39)(H,41,45)(H,42,44)/t26?,32-/m0/s1. The SMILES string of the molecule is Cc1ccc(N(C)CCC[C@H](NC(=O)c2ccc(CNCc3ncc[nH]3)cc2)C(=O)NC(C)c2cccc3ccccc23)nc1. The van der Waals surface area contributed by atoms with Crippen LogP contribution in [0.5, 0.6) is 0 Å². The van der Waals surface area contributed by atoms with Gasteiger partial charge in [-0.15, -0.1) is 0 Å². The molecule has 5 aromatic rings. The lowest BCUT2D eigenvalue weighted by atomic mass is 9.99. The number of amides is 2. The average Bonchev–Trinajstić information content (AvgIpc) is 3.58. The van der Waals surface area contributed by atoms with E-state index in [-0.39, 0.29) is 17.9 Å². The summed E-state index contributed by atoms with van der Waals surface area (Å²) in [5.41, 5.74) is 3.69. The minimum Gasteiger partial charge on any atom is -0.360 e. The molecule has 0 fully saturated rings. The molecule has 0 aliphatic rings. The van der Waals surface area contributed by atoms with Crippen molar-refractivity contribution >= 4 is 28.4 Å². The summed E-state index contributed by atoms with van der Waals surface area (Å²) in [7, 11) is 1.99. The first kappa shape index (κ1) is 31.4. The second-order valence-corrected chi connectivity index (χ2v) is 11.4. The fourth-order valence-corrected chi connectivity index (χ4v) is 5.36. The van der Waals surface area contributed by atoms with Crippen LogP contribution in [0.15, 0.2) is 97.5 Å². The molecule has 2 heterocycles. The Hall–Kier alpha value is -5.02. The number of carbonyl (C=O) groups excluding carboxylic acids is 2. The molecule has 0 spiro atoms. The van der Waals surface area contributed by atoms with Crippen molar-refractivity contribution in [2.24, 2.45) is 0 Å². The molecule has 0 bridgehead atoms. The minimum absolute atomic E-state index is 0.210. The summed E-state index contributed by atoms with van der Waals surface area (Å²) in [4.78, 5) is 40.9. The highest BCUT2D eigenvalue weighted by Crippen LogP contribution is 2.24. The van der Waals surface area contributed by atoms with Crippen molar-refractivity contribution in [1.82, 2.24) is 30.9 Å². The van der Waals surface area contributed by atoms with E-state index >= 15 is 0 Å². The normalized spacial score (nSPS) is 12.4. The quantitative estimate of drug-likeness (QED) is 0.134. The highest BCUT2D eigenvalue weighted by atomic mass is 16.2. The van der Waals surface area contributed by atoms with Crippen LogP contribution >= 0.6 is 0 Å². The van der Waals surface area contributed by atoms with Crippen molar-refractivity contribution in [2.75, 3.05) is 18.5 Å². The molecule has 5 rings (SSSR count). The summed E-state index contributed by atoms with van der Waals surface area (Å²) >= 11 is 0. The number of aromatic nitrogens is 3. The predicted octanol–water partition coefficient (Wildman–Crippen LogP) is 5.45. The van der Waals surface area contributed by atoms with E-state index in [0.29, 0.717) is 38.0 Å². The van der Waals surface area contributed by atoms with E-state index in [9.17, 15) is 9.59 Å². The molecule has 3 aromatic carbocycles. The molecule has 4 N–H and O–H groups in total. The van der Waals surface area contributed by atoms with Crippen LogP contribution in [-0.4, -0.2) is 46.4 Å². The van der Waals surface area contributed by atoms with Crippen LogP contribution in [0, 0.1) is 6.92 Å². The molecule has 1 unspecified atom stereocenters. The Morgan fingerprint density at radius 2 is 1.71 bits per heavy atom. The van der Waals surface area contributed by atoms with Gasteiger partial charge in [0, 0.05) is 44.3 Å². The number of benzene rings is 3. The summed E-state index contributed by atoms with van der Waals surface area (Å²) in [6.45, 7) is 5.94. The van der Waals surface area contributed by atoms with Gasteiger partial charge in [0.05, 0.1) is 12.6 Å². The maximum absolute atomic E-state index is 13.7. The first-order valence-electron chi connectivity index (χ1n) is 15.4. The maximum atomic E-state index is 13.7. The van der Waals surface area contributed by atoms with Crippen LogP contribution in [0.4, 0.5) is 5.82 Å². The fraction of sp³-hybridized carbons (Fsp3) is 0.278. The van der Waals surface area contributed by atoms with E-state index in [1.165, 1.54) is 0 Å². The third-order valence-corrected chi connectivity index (χ3v) is 7.94. The van der Waals surface area contributed by atoms with Crippen LogP contribution in [-0.2, 0) is 17.9 Å².